The van der Waals surface area contributed by atoms with E-state index in [1.807, 2.05) is 39.8 Å². The van der Waals surface area contributed by atoms with Crippen LogP contribution in [0.1, 0.15) is 42.5 Å². The third-order valence-corrected chi connectivity index (χ3v) is 3.79. The number of carbonyl (C=O) groups is 1. The molecule has 0 aliphatic carbocycles. The lowest BCUT2D eigenvalue weighted by molar-refractivity contribution is 0.0926. The molecule has 0 radical (unpaired) electrons. The Morgan fingerprint density at radius 3 is 2.64 bits per heavy atom. The average Bonchev–Trinajstić information content (AvgIpc) is 3.18. The highest BCUT2D eigenvalue weighted by atomic mass is 16.5. The molecule has 0 unspecified atom stereocenters. The van der Waals surface area contributed by atoms with Crippen molar-refractivity contribution in [1.82, 2.24) is 16.0 Å². The fourth-order valence-corrected chi connectivity index (χ4v) is 2.51. The maximum atomic E-state index is 11.8. The molecule has 0 bridgehead atoms. The van der Waals surface area contributed by atoms with Crippen LogP contribution in [0.5, 0.6) is 5.75 Å². The zero-order chi connectivity index (χ0) is 20.4. The maximum absolute atomic E-state index is 11.8. The number of aliphatic imine (C=N–C) groups is 1. The maximum Gasteiger partial charge on any atom is 0.287 e. The van der Waals surface area contributed by atoms with Gasteiger partial charge in [-0.1, -0.05) is 12.1 Å². The Hall–Kier alpha value is -2.96. The van der Waals surface area contributed by atoms with Crippen LogP contribution in [0.15, 0.2) is 46.0 Å². The first-order chi connectivity index (χ1) is 13.5. The molecule has 7 heteroatoms. The van der Waals surface area contributed by atoms with Crippen molar-refractivity contribution in [1.29, 1.82) is 0 Å². The predicted molar refractivity (Wildman–Crippen MR) is 111 cm³/mol. The predicted octanol–water partition coefficient (Wildman–Crippen LogP) is 2.86. The summed E-state index contributed by atoms with van der Waals surface area (Å²) in [7, 11) is 0. The van der Waals surface area contributed by atoms with Gasteiger partial charge in [0.05, 0.1) is 18.9 Å². The van der Waals surface area contributed by atoms with Gasteiger partial charge in [-0.3, -0.25) is 4.79 Å². The van der Waals surface area contributed by atoms with E-state index in [4.69, 9.17) is 9.15 Å². The van der Waals surface area contributed by atoms with E-state index >= 15 is 0 Å². The van der Waals surface area contributed by atoms with Gasteiger partial charge in [-0.15, -0.1) is 0 Å². The van der Waals surface area contributed by atoms with Gasteiger partial charge in [0, 0.05) is 25.2 Å². The van der Waals surface area contributed by atoms with E-state index in [9.17, 15) is 4.79 Å². The number of rotatable bonds is 9. The van der Waals surface area contributed by atoms with Crippen molar-refractivity contribution in [2.24, 2.45) is 4.99 Å². The van der Waals surface area contributed by atoms with Crippen molar-refractivity contribution in [3.63, 3.8) is 0 Å². The number of benzene rings is 1. The summed E-state index contributed by atoms with van der Waals surface area (Å²) < 4.78 is 11.0. The van der Waals surface area contributed by atoms with Crippen molar-refractivity contribution in [2.75, 3.05) is 19.6 Å². The lowest BCUT2D eigenvalue weighted by Crippen LogP contribution is -2.41. The van der Waals surface area contributed by atoms with Crippen LogP contribution in [0.2, 0.25) is 0 Å². The minimum Gasteiger partial charge on any atom is -0.491 e. The number of nitrogens with one attached hydrogen (secondary N) is 3. The quantitative estimate of drug-likeness (QED) is 0.350. The monoisotopic (exact) mass is 386 g/mol. The zero-order valence-electron chi connectivity index (χ0n) is 17.0. The van der Waals surface area contributed by atoms with Gasteiger partial charge in [0.1, 0.15) is 5.75 Å². The summed E-state index contributed by atoms with van der Waals surface area (Å²) in [4.78, 5) is 16.5. The largest absolute Gasteiger partial charge is 0.491 e. The van der Waals surface area contributed by atoms with Crippen LogP contribution in [0, 0.1) is 6.92 Å². The van der Waals surface area contributed by atoms with Crippen molar-refractivity contribution in [2.45, 2.75) is 40.3 Å². The molecule has 1 aromatic heterocycles. The number of hydrogen-bond acceptors (Lipinski definition) is 4. The standard InChI is InChI=1S/C21H30N4O3/c1-5-22-21(24-11-10-23-20(26)18-7-6-12-27-18)25-14-17-9-8-16(4)13-19(17)28-15(2)3/h6-9,12-13,15H,5,10-11,14H2,1-4H3,(H,23,26)(H2,22,24,25). The van der Waals surface area contributed by atoms with Gasteiger partial charge in [0.25, 0.3) is 5.91 Å². The molecule has 1 heterocycles. The highest BCUT2D eigenvalue weighted by Crippen LogP contribution is 2.22. The lowest BCUT2D eigenvalue weighted by Gasteiger charge is -2.15. The summed E-state index contributed by atoms with van der Waals surface area (Å²) in [5, 5.41) is 9.22. The Balaban J connectivity index is 1.90. The van der Waals surface area contributed by atoms with Crippen LogP contribution in [-0.4, -0.2) is 37.6 Å². The second-order valence-corrected chi connectivity index (χ2v) is 6.63. The Morgan fingerprint density at radius 2 is 1.96 bits per heavy atom. The van der Waals surface area contributed by atoms with Crippen molar-refractivity contribution >= 4 is 11.9 Å². The normalized spacial score (nSPS) is 11.4. The second-order valence-electron chi connectivity index (χ2n) is 6.63. The summed E-state index contributed by atoms with van der Waals surface area (Å²) in [6.45, 7) is 10.3. The van der Waals surface area contributed by atoms with Gasteiger partial charge in [0.15, 0.2) is 11.7 Å². The van der Waals surface area contributed by atoms with E-state index in [2.05, 4.69) is 27.0 Å². The lowest BCUT2D eigenvalue weighted by atomic mass is 10.1. The Labute approximate surface area is 166 Å². The van der Waals surface area contributed by atoms with Gasteiger partial charge >= 0.3 is 0 Å². The Kier molecular flexibility index (Phi) is 8.39. The van der Waals surface area contributed by atoms with Gasteiger partial charge in [-0.2, -0.15) is 0 Å². The fourth-order valence-electron chi connectivity index (χ4n) is 2.51. The second kappa shape index (κ2) is 11.0. The van der Waals surface area contributed by atoms with Gasteiger partial charge in [0.2, 0.25) is 0 Å². The van der Waals surface area contributed by atoms with Crippen LogP contribution in [0.3, 0.4) is 0 Å². The van der Waals surface area contributed by atoms with E-state index in [0.717, 1.165) is 23.4 Å². The summed E-state index contributed by atoms with van der Waals surface area (Å²) in [5.41, 5.74) is 2.18. The van der Waals surface area contributed by atoms with Gasteiger partial charge in [-0.25, -0.2) is 4.99 Å². The van der Waals surface area contributed by atoms with E-state index in [1.54, 1.807) is 12.1 Å². The number of aryl methyl sites for hydroxylation is 1. The number of carbonyl (C=O) groups excluding carboxylic acids is 1. The highest BCUT2D eigenvalue weighted by molar-refractivity contribution is 5.91. The minimum atomic E-state index is -0.233. The molecule has 2 aromatic rings. The molecule has 28 heavy (non-hydrogen) atoms. The van der Waals surface area contributed by atoms with Crippen molar-refractivity contribution < 1.29 is 13.9 Å². The Bertz CT molecular complexity index is 770. The topological polar surface area (TPSA) is 87.9 Å². The van der Waals surface area contributed by atoms with Crippen LogP contribution in [0.4, 0.5) is 0 Å². The molecular weight excluding hydrogens is 356 g/mol. The minimum absolute atomic E-state index is 0.105. The molecule has 0 aliphatic rings. The molecule has 1 amide bonds. The molecular formula is C21H30N4O3. The molecule has 0 spiro atoms. The number of hydrogen-bond donors (Lipinski definition) is 3. The van der Waals surface area contributed by atoms with Crippen LogP contribution >= 0.6 is 0 Å². The molecule has 0 atom stereocenters. The summed E-state index contributed by atoms with van der Waals surface area (Å²) in [5.74, 6) is 1.62. The average molecular weight is 386 g/mol. The molecule has 152 valence electrons. The van der Waals surface area contributed by atoms with E-state index in [-0.39, 0.29) is 12.0 Å². The summed E-state index contributed by atoms with van der Waals surface area (Å²) in [6, 6.07) is 9.46. The molecule has 1 aromatic carbocycles. The van der Waals surface area contributed by atoms with Crippen molar-refractivity contribution in [3.05, 3.63) is 53.5 Å². The first-order valence-electron chi connectivity index (χ1n) is 9.59. The summed E-state index contributed by atoms with van der Waals surface area (Å²) in [6.07, 6.45) is 1.58. The van der Waals surface area contributed by atoms with Crippen LogP contribution in [-0.2, 0) is 6.54 Å². The molecule has 0 saturated carbocycles. The fraction of sp³-hybridized carbons (Fsp3) is 0.429. The number of ether oxygens (including phenoxy) is 1. The number of amides is 1. The Morgan fingerprint density at radius 1 is 1.18 bits per heavy atom. The first-order valence-corrected chi connectivity index (χ1v) is 9.59. The number of furan rings is 1. The molecule has 0 fully saturated rings. The zero-order valence-corrected chi connectivity index (χ0v) is 17.0. The smallest absolute Gasteiger partial charge is 0.287 e. The third-order valence-electron chi connectivity index (χ3n) is 3.79. The summed E-state index contributed by atoms with van der Waals surface area (Å²) >= 11 is 0. The molecule has 3 N–H and O–H groups in total. The van der Waals surface area contributed by atoms with Gasteiger partial charge in [-0.05, 0) is 51.5 Å². The van der Waals surface area contributed by atoms with E-state index in [1.165, 1.54) is 6.26 Å². The van der Waals surface area contributed by atoms with Crippen molar-refractivity contribution in [3.8, 4) is 5.75 Å². The first kappa shape index (κ1) is 21.3. The molecule has 0 saturated heterocycles. The number of guanidine groups is 1. The molecule has 0 aliphatic heterocycles. The number of nitrogens with zero attached hydrogens (tertiary/aromatic N) is 1. The SMILES string of the molecule is CCNC(=NCc1ccc(C)cc1OC(C)C)NCCNC(=O)c1ccco1. The third kappa shape index (κ3) is 6.98. The highest BCUT2D eigenvalue weighted by Gasteiger charge is 2.08. The van der Waals surface area contributed by atoms with Crippen LogP contribution in [0.25, 0.3) is 0 Å². The molecule has 2 rings (SSSR count). The van der Waals surface area contributed by atoms with Crippen LogP contribution < -0.4 is 20.7 Å². The van der Waals surface area contributed by atoms with Gasteiger partial charge < -0.3 is 25.1 Å². The van der Waals surface area contributed by atoms with E-state index in [0.29, 0.717) is 31.4 Å². The molecule has 7 nitrogen and oxygen atoms in total. The van der Waals surface area contributed by atoms with E-state index < -0.39 is 0 Å².